The van der Waals surface area contributed by atoms with Crippen LogP contribution in [0.15, 0.2) is 53.6 Å². The number of hydrogen-bond donors (Lipinski definition) is 3. The maximum absolute atomic E-state index is 12.2. The third kappa shape index (κ3) is 4.82. The van der Waals surface area contributed by atoms with Gasteiger partial charge >= 0.3 is 0 Å². The van der Waals surface area contributed by atoms with Gasteiger partial charge in [0.25, 0.3) is 5.91 Å². The van der Waals surface area contributed by atoms with Gasteiger partial charge in [-0.1, -0.05) is 23.7 Å². The third-order valence-electron chi connectivity index (χ3n) is 4.07. The molecule has 1 saturated heterocycles. The second-order valence-electron chi connectivity index (χ2n) is 5.92. The van der Waals surface area contributed by atoms with Gasteiger partial charge in [0.15, 0.2) is 0 Å². The molecule has 0 saturated carbocycles. The predicted octanol–water partition coefficient (Wildman–Crippen LogP) is 2.80. The monoisotopic (exact) mass is 372 g/mol. The summed E-state index contributed by atoms with van der Waals surface area (Å²) < 4.78 is 5.39. The number of hydrazone groups is 1. The van der Waals surface area contributed by atoms with Crippen molar-refractivity contribution in [1.29, 1.82) is 0 Å². The first-order valence-electron chi connectivity index (χ1n) is 8.48. The lowest BCUT2D eigenvalue weighted by Crippen LogP contribution is -2.41. The van der Waals surface area contributed by atoms with Gasteiger partial charge in [-0.25, -0.2) is 16.3 Å². The summed E-state index contributed by atoms with van der Waals surface area (Å²) in [5.74, 6) is 0.624. The van der Waals surface area contributed by atoms with E-state index in [-0.39, 0.29) is 18.0 Å². The molecule has 1 fully saturated rings. The fourth-order valence-electron chi connectivity index (χ4n) is 2.71. The number of rotatable bonds is 6. The molecule has 1 aliphatic heterocycles. The molecular formula is C19H21ClN4O2. The van der Waals surface area contributed by atoms with E-state index in [2.05, 4.69) is 21.4 Å². The molecule has 0 aromatic heterocycles. The molecule has 2 aromatic rings. The summed E-state index contributed by atoms with van der Waals surface area (Å²) in [4.78, 5) is 12.2. The van der Waals surface area contributed by atoms with Gasteiger partial charge in [0.2, 0.25) is 0 Å². The van der Waals surface area contributed by atoms with E-state index in [1.807, 2.05) is 55.5 Å². The van der Waals surface area contributed by atoms with Crippen molar-refractivity contribution in [3.63, 3.8) is 0 Å². The highest BCUT2D eigenvalue weighted by atomic mass is 35.5. The van der Waals surface area contributed by atoms with Crippen molar-refractivity contribution in [1.82, 2.24) is 16.3 Å². The average Bonchev–Trinajstić information content (AvgIpc) is 3.14. The molecule has 0 bridgehead atoms. The maximum atomic E-state index is 12.2. The molecule has 2 unspecified atom stereocenters. The molecule has 2 aromatic carbocycles. The highest BCUT2D eigenvalue weighted by molar-refractivity contribution is 6.30. The van der Waals surface area contributed by atoms with E-state index in [1.165, 1.54) is 0 Å². The summed E-state index contributed by atoms with van der Waals surface area (Å²) in [6, 6.07) is 14.8. The summed E-state index contributed by atoms with van der Waals surface area (Å²) in [6.45, 7) is 2.57. The number of hydrogen-bond acceptors (Lipinski definition) is 5. The minimum Gasteiger partial charge on any atom is -0.494 e. The Kier molecular flexibility index (Phi) is 6.22. The van der Waals surface area contributed by atoms with Gasteiger partial charge in [-0.3, -0.25) is 4.79 Å². The first-order valence-corrected chi connectivity index (χ1v) is 8.86. The minimum absolute atomic E-state index is 0.0538. The Morgan fingerprint density at radius 2 is 1.96 bits per heavy atom. The molecule has 0 aliphatic carbocycles. The van der Waals surface area contributed by atoms with Gasteiger partial charge in [-0.15, -0.1) is 0 Å². The Bertz CT molecular complexity index is 762. The first kappa shape index (κ1) is 18.4. The SMILES string of the molecule is CCOc1ccc(/C=N/NC(=O)C2CC(c3ccc(Cl)cc3)NN2)cc1. The fraction of sp³-hybridized carbons (Fsp3) is 0.263. The van der Waals surface area contributed by atoms with E-state index in [4.69, 9.17) is 16.3 Å². The lowest BCUT2D eigenvalue weighted by atomic mass is 10.0. The van der Waals surface area contributed by atoms with Crippen LogP contribution >= 0.6 is 11.6 Å². The van der Waals surface area contributed by atoms with Crippen molar-refractivity contribution in [2.24, 2.45) is 5.10 Å². The predicted molar refractivity (Wildman–Crippen MR) is 102 cm³/mol. The molecule has 26 heavy (non-hydrogen) atoms. The zero-order valence-electron chi connectivity index (χ0n) is 14.4. The average molecular weight is 373 g/mol. The zero-order chi connectivity index (χ0) is 18.4. The molecule has 1 amide bonds. The number of ether oxygens (including phenoxy) is 1. The number of nitrogens with one attached hydrogen (secondary N) is 3. The lowest BCUT2D eigenvalue weighted by molar-refractivity contribution is -0.122. The van der Waals surface area contributed by atoms with Crippen LogP contribution in [0.5, 0.6) is 5.75 Å². The Morgan fingerprint density at radius 1 is 1.23 bits per heavy atom. The summed E-state index contributed by atoms with van der Waals surface area (Å²) in [6.07, 6.45) is 2.23. The van der Waals surface area contributed by atoms with Crippen LogP contribution in [0.1, 0.15) is 30.5 Å². The van der Waals surface area contributed by atoms with Crippen molar-refractivity contribution in [3.8, 4) is 5.75 Å². The number of halogens is 1. The minimum atomic E-state index is -0.354. The van der Waals surface area contributed by atoms with Gasteiger partial charge in [-0.2, -0.15) is 5.10 Å². The second-order valence-corrected chi connectivity index (χ2v) is 6.35. The van der Waals surface area contributed by atoms with E-state index < -0.39 is 0 Å². The van der Waals surface area contributed by atoms with Gasteiger partial charge in [-0.05, 0) is 60.9 Å². The largest absolute Gasteiger partial charge is 0.494 e. The van der Waals surface area contributed by atoms with Crippen molar-refractivity contribution in [3.05, 3.63) is 64.7 Å². The topological polar surface area (TPSA) is 74.8 Å². The van der Waals surface area contributed by atoms with Gasteiger partial charge in [0.05, 0.1) is 12.8 Å². The van der Waals surface area contributed by atoms with Crippen molar-refractivity contribution in [2.45, 2.75) is 25.4 Å². The summed E-state index contributed by atoms with van der Waals surface area (Å²) in [5.41, 5.74) is 10.7. The molecule has 136 valence electrons. The Labute approximate surface area is 157 Å². The quantitative estimate of drug-likeness (QED) is 0.538. The highest BCUT2D eigenvalue weighted by Crippen LogP contribution is 2.23. The molecule has 7 heteroatoms. The summed E-state index contributed by atoms with van der Waals surface area (Å²) >= 11 is 5.91. The van der Waals surface area contributed by atoms with Crippen LogP contribution in [0, 0.1) is 0 Å². The second kappa shape index (κ2) is 8.80. The van der Waals surface area contributed by atoms with Gasteiger partial charge in [0.1, 0.15) is 11.8 Å². The Balaban J connectivity index is 1.50. The Morgan fingerprint density at radius 3 is 2.65 bits per heavy atom. The van der Waals surface area contributed by atoms with E-state index in [0.717, 1.165) is 16.9 Å². The normalized spacial score (nSPS) is 19.6. The molecule has 1 aliphatic rings. The highest BCUT2D eigenvalue weighted by Gasteiger charge is 2.29. The third-order valence-corrected chi connectivity index (χ3v) is 4.32. The van der Waals surface area contributed by atoms with Gasteiger partial charge < -0.3 is 4.74 Å². The molecule has 3 rings (SSSR count). The van der Waals surface area contributed by atoms with E-state index in [0.29, 0.717) is 18.1 Å². The van der Waals surface area contributed by atoms with Crippen molar-refractivity contribution >= 4 is 23.7 Å². The number of benzene rings is 2. The number of amides is 1. The van der Waals surface area contributed by atoms with Gasteiger partial charge in [0, 0.05) is 11.1 Å². The maximum Gasteiger partial charge on any atom is 0.258 e. The number of hydrazine groups is 1. The molecule has 3 N–H and O–H groups in total. The molecular weight excluding hydrogens is 352 g/mol. The van der Waals surface area contributed by atoms with Crippen LogP contribution in [0.3, 0.4) is 0 Å². The van der Waals surface area contributed by atoms with E-state index in [1.54, 1.807) is 6.21 Å². The molecule has 6 nitrogen and oxygen atoms in total. The summed E-state index contributed by atoms with van der Waals surface area (Å²) in [5, 5.41) is 4.71. The number of nitrogens with zero attached hydrogens (tertiary/aromatic N) is 1. The number of carbonyl (C=O) groups is 1. The number of carbonyl (C=O) groups excluding carboxylic acids is 1. The lowest BCUT2D eigenvalue weighted by Gasteiger charge is -2.09. The molecule has 0 spiro atoms. The molecule has 0 radical (unpaired) electrons. The van der Waals surface area contributed by atoms with E-state index in [9.17, 15) is 4.79 Å². The molecule has 2 atom stereocenters. The van der Waals surface area contributed by atoms with Crippen LogP contribution in [0.4, 0.5) is 0 Å². The first-order chi connectivity index (χ1) is 12.7. The van der Waals surface area contributed by atoms with Crippen LogP contribution < -0.4 is 21.0 Å². The van der Waals surface area contributed by atoms with Crippen LogP contribution in [0.25, 0.3) is 0 Å². The fourth-order valence-corrected chi connectivity index (χ4v) is 2.83. The van der Waals surface area contributed by atoms with Crippen molar-refractivity contribution in [2.75, 3.05) is 6.61 Å². The van der Waals surface area contributed by atoms with E-state index >= 15 is 0 Å². The smallest absolute Gasteiger partial charge is 0.258 e. The standard InChI is InChI=1S/C19H21ClN4O2/c1-2-26-16-9-3-13(4-10-16)12-21-24-19(25)18-11-17(22-23-18)14-5-7-15(20)8-6-14/h3-10,12,17-18,22-23H,2,11H2,1H3,(H,24,25)/b21-12+. The van der Waals surface area contributed by atoms with Crippen molar-refractivity contribution < 1.29 is 9.53 Å². The zero-order valence-corrected chi connectivity index (χ0v) is 15.2. The van der Waals surface area contributed by atoms with Crippen LogP contribution in [-0.2, 0) is 4.79 Å². The Hall–Kier alpha value is -2.41. The molecule has 1 heterocycles. The van der Waals surface area contributed by atoms with Crippen LogP contribution in [0.2, 0.25) is 5.02 Å². The summed E-state index contributed by atoms with van der Waals surface area (Å²) in [7, 11) is 0. The van der Waals surface area contributed by atoms with Crippen LogP contribution in [-0.4, -0.2) is 24.8 Å².